The van der Waals surface area contributed by atoms with E-state index in [9.17, 15) is 0 Å². The molecule has 4 aromatic rings. The zero-order chi connectivity index (χ0) is 21.6. The highest BCUT2D eigenvalue weighted by Gasteiger charge is 2.14. The maximum atomic E-state index is 6.11. The molecule has 0 fully saturated rings. The van der Waals surface area contributed by atoms with E-state index in [0.29, 0.717) is 23.7 Å². The minimum atomic E-state index is 0.471. The van der Waals surface area contributed by atoms with Gasteiger partial charge in [0.25, 0.3) is 0 Å². The fourth-order valence-electron chi connectivity index (χ4n) is 3.37. The Hall–Kier alpha value is -3.58. The second-order valence-corrected chi connectivity index (χ2v) is 7.50. The molecule has 0 aliphatic carbocycles. The molecule has 31 heavy (non-hydrogen) atoms. The van der Waals surface area contributed by atoms with Crippen molar-refractivity contribution in [3.05, 3.63) is 94.3 Å². The Bertz CT molecular complexity index is 1230. The Morgan fingerprint density at radius 2 is 1.77 bits per heavy atom. The molecule has 1 aromatic heterocycles. The van der Waals surface area contributed by atoms with Crippen LogP contribution in [0.25, 0.3) is 11.4 Å². The summed E-state index contributed by atoms with van der Waals surface area (Å²) in [7, 11) is 1.64. The van der Waals surface area contributed by atoms with Crippen LogP contribution in [0.4, 0.5) is 0 Å². The summed E-state index contributed by atoms with van der Waals surface area (Å²) >= 11 is 5.44. The number of aryl methyl sites for hydroxylation is 1. The van der Waals surface area contributed by atoms with Gasteiger partial charge in [-0.3, -0.25) is 0 Å². The standard InChI is InChI=1S/C24H24N4O2S/c1-17-8-7-9-18(14-17)16-30-21-12-5-3-10-19(21)15-25-28-23(26-27-24(28)31)20-11-4-6-13-22(20)29-2/h3-14,25H,15-16H2,1-2H3,(H,27,31). The van der Waals surface area contributed by atoms with Gasteiger partial charge >= 0.3 is 0 Å². The molecule has 0 atom stereocenters. The van der Waals surface area contributed by atoms with Crippen LogP contribution >= 0.6 is 12.2 Å². The van der Waals surface area contributed by atoms with Gasteiger partial charge in [-0.05, 0) is 42.9 Å². The molecule has 0 spiro atoms. The predicted molar refractivity (Wildman–Crippen MR) is 124 cm³/mol. The minimum absolute atomic E-state index is 0.471. The third-order valence-corrected chi connectivity index (χ3v) is 5.17. The molecule has 3 aromatic carbocycles. The highest BCUT2D eigenvalue weighted by atomic mass is 32.1. The number of methoxy groups -OCH3 is 1. The second-order valence-electron chi connectivity index (χ2n) is 7.11. The van der Waals surface area contributed by atoms with Gasteiger partial charge in [0.2, 0.25) is 4.77 Å². The number of rotatable bonds is 8. The number of hydrogen-bond donors (Lipinski definition) is 2. The van der Waals surface area contributed by atoms with Gasteiger partial charge in [0, 0.05) is 5.56 Å². The van der Waals surface area contributed by atoms with E-state index in [1.165, 1.54) is 5.56 Å². The predicted octanol–water partition coefficient (Wildman–Crippen LogP) is 5.25. The van der Waals surface area contributed by atoms with Gasteiger partial charge in [0.1, 0.15) is 18.1 Å². The van der Waals surface area contributed by atoms with Crippen LogP contribution in [0.5, 0.6) is 11.5 Å². The van der Waals surface area contributed by atoms with Crippen LogP contribution in [0, 0.1) is 11.7 Å². The van der Waals surface area contributed by atoms with Gasteiger partial charge < -0.3 is 14.9 Å². The van der Waals surface area contributed by atoms with E-state index in [0.717, 1.165) is 28.2 Å². The lowest BCUT2D eigenvalue weighted by atomic mass is 10.1. The summed E-state index contributed by atoms with van der Waals surface area (Å²) in [6, 6.07) is 24.0. The first kappa shape index (κ1) is 20.7. The topological polar surface area (TPSA) is 64.1 Å². The van der Waals surface area contributed by atoms with Gasteiger partial charge in [-0.1, -0.05) is 60.2 Å². The average molecular weight is 433 g/mol. The van der Waals surface area contributed by atoms with E-state index < -0.39 is 0 Å². The number of para-hydroxylation sites is 2. The maximum Gasteiger partial charge on any atom is 0.214 e. The van der Waals surface area contributed by atoms with Crippen molar-refractivity contribution >= 4 is 12.2 Å². The summed E-state index contributed by atoms with van der Waals surface area (Å²) in [6.45, 7) is 3.10. The number of benzene rings is 3. The number of hydrogen-bond acceptors (Lipinski definition) is 5. The van der Waals surface area contributed by atoms with Crippen molar-refractivity contribution in [2.45, 2.75) is 20.1 Å². The molecule has 0 aliphatic rings. The second kappa shape index (κ2) is 9.49. The molecule has 1 heterocycles. The van der Waals surface area contributed by atoms with E-state index in [4.69, 9.17) is 21.7 Å². The summed E-state index contributed by atoms with van der Waals surface area (Å²) in [5.74, 6) is 2.20. The molecule has 0 bridgehead atoms. The van der Waals surface area contributed by atoms with Crippen LogP contribution in [0.15, 0.2) is 72.8 Å². The highest BCUT2D eigenvalue weighted by molar-refractivity contribution is 7.71. The van der Waals surface area contributed by atoms with Gasteiger partial charge in [-0.15, -0.1) is 0 Å². The molecule has 0 saturated heterocycles. The Morgan fingerprint density at radius 1 is 1.00 bits per heavy atom. The summed E-state index contributed by atoms with van der Waals surface area (Å²) in [5.41, 5.74) is 7.57. The molecular formula is C24H24N4O2S. The first-order chi connectivity index (χ1) is 15.2. The maximum absolute atomic E-state index is 6.11. The van der Waals surface area contributed by atoms with Gasteiger partial charge in [-0.25, -0.2) is 9.77 Å². The number of H-pyrrole nitrogens is 1. The fraction of sp³-hybridized carbons (Fsp3) is 0.167. The first-order valence-corrected chi connectivity index (χ1v) is 10.4. The van der Waals surface area contributed by atoms with Crippen LogP contribution in [0.2, 0.25) is 0 Å². The van der Waals surface area contributed by atoms with Crippen LogP contribution in [0.1, 0.15) is 16.7 Å². The summed E-state index contributed by atoms with van der Waals surface area (Å²) in [5, 5.41) is 7.24. The van der Waals surface area contributed by atoms with Crippen molar-refractivity contribution in [3.8, 4) is 22.9 Å². The van der Waals surface area contributed by atoms with Crippen molar-refractivity contribution in [2.24, 2.45) is 0 Å². The van der Waals surface area contributed by atoms with Crippen molar-refractivity contribution in [2.75, 3.05) is 12.5 Å². The monoisotopic (exact) mass is 432 g/mol. The quantitative estimate of drug-likeness (QED) is 0.373. The van der Waals surface area contributed by atoms with E-state index in [-0.39, 0.29) is 0 Å². The molecule has 0 unspecified atom stereocenters. The number of ether oxygens (including phenoxy) is 2. The molecule has 7 heteroatoms. The molecule has 6 nitrogen and oxygen atoms in total. The molecule has 0 amide bonds. The van der Waals surface area contributed by atoms with Crippen LogP contribution < -0.4 is 14.9 Å². The Kier molecular flexibility index (Phi) is 6.33. The lowest BCUT2D eigenvalue weighted by molar-refractivity contribution is 0.303. The van der Waals surface area contributed by atoms with Crippen molar-refractivity contribution in [1.29, 1.82) is 0 Å². The molecule has 0 aliphatic heterocycles. The highest BCUT2D eigenvalue weighted by Crippen LogP contribution is 2.28. The van der Waals surface area contributed by atoms with Crippen molar-refractivity contribution in [3.63, 3.8) is 0 Å². The van der Waals surface area contributed by atoms with Gasteiger partial charge in [-0.2, -0.15) is 5.10 Å². The number of aromatic amines is 1. The van der Waals surface area contributed by atoms with Crippen LogP contribution in [0.3, 0.4) is 0 Å². The van der Waals surface area contributed by atoms with E-state index in [1.807, 2.05) is 54.6 Å². The average Bonchev–Trinajstić information content (AvgIpc) is 3.17. The number of nitrogens with one attached hydrogen (secondary N) is 2. The van der Waals surface area contributed by atoms with Crippen LogP contribution in [-0.2, 0) is 13.2 Å². The summed E-state index contributed by atoms with van der Waals surface area (Å²) in [4.78, 5) is 0. The normalized spacial score (nSPS) is 10.6. The summed E-state index contributed by atoms with van der Waals surface area (Å²) < 4.78 is 13.8. The van der Waals surface area contributed by atoms with Crippen molar-refractivity contribution in [1.82, 2.24) is 14.9 Å². The molecule has 2 N–H and O–H groups in total. The zero-order valence-corrected chi connectivity index (χ0v) is 18.3. The third kappa shape index (κ3) is 4.78. The molecule has 158 valence electrons. The largest absolute Gasteiger partial charge is 0.496 e. The first-order valence-electron chi connectivity index (χ1n) is 9.96. The number of nitrogens with zero attached hydrogens (tertiary/aromatic N) is 2. The molecule has 4 rings (SSSR count). The smallest absolute Gasteiger partial charge is 0.214 e. The lowest BCUT2D eigenvalue weighted by Crippen LogP contribution is -2.16. The minimum Gasteiger partial charge on any atom is -0.496 e. The Balaban J connectivity index is 1.53. The Morgan fingerprint density at radius 3 is 2.58 bits per heavy atom. The fourth-order valence-corrected chi connectivity index (χ4v) is 3.57. The van der Waals surface area contributed by atoms with E-state index >= 15 is 0 Å². The lowest BCUT2D eigenvalue weighted by Gasteiger charge is -2.15. The Labute approximate surface area is 186 Å². The molecule has 0 radical (unpaired) electrons. The SMILES string of the molecule is COc1ccccc1-c1n[nH]c(=S)n1NCc1ccccc1OCc1cccc(C)c1. The van der Waals surface area contributed by atoms with Gasteiger partial charge in [0.15, 0.2) is 5.82 Å². The van der Waals surface area contributed by atoms with E-state index in [1.54, 1.807) is 11.8 Å². The third-order valence-electron chi connectivity index (χ3n) is 4.90. The number of aromatic nitrogens is 3. The molecule has 0 saturated carbocycles. The van der Waals surface area contributed by atoms with Crippen LogP contribution in [-0.4, -0.2) is 22.0 Å². The van der Waals surface area contributed by atoms with Gasteiger partial charge in [0.05, 0.1) is 19.2 Å². The van der Waals surface area contributed by atoms with Crippen molar-refractivity contribution < 1.29 is 9.47 Å². The van der Waals surface area contributed by atoms with E-state index in [2.05, 4.69) is 40.7 Å². The molecular weight excluding hydrogens is 408 g/mol. The zero-order valence-electron chi connectivity index (χ0n) is 17.5. The summed E-state index contributed by atoms with van der Waals surface area (Å²) in [6.07, 6.45) is 0.